The van der Waals surface area contributed by atoms with E-state index in [1.807, 2.05) is 0 Å². The van der Waals surface area contributed by atoms with Crippen LogP contribution in [0.1, 0.15) is 0 Å². The molecule has 2 aromatic rings. The highest BCUT2D eigenvalue weighted by Crippen LogP contribution is 2.23. The molecule has 78 valence electrons. The summed E-state index contributed by atoms with van der Waals surface area (Å²) < 4.78 is 6.82. The SMILES string of the molecule is COc1cc(N)cnc1-n1cnc(Cl)c1. The summed E-state index contributed by atoms with van der Waals surface area (Å²) in [7, 11) is 1.55. The van der Waals surface area contributed by atoms with Crippen molar-refractivity contribution in [3.63, 3.8) is 0 Å². The molecule has 6 heteroatoms. The molecule has 0 amide bonds. The van der Waals surface area contributed by atoms with E-state index in [1.54, 1.807) is 36.5 Å². The Morgan fingerprint density at radius 2 is 2.27 bits per heavy atom. The van der Waals surface area contributed by atoms with Gasteiger partial charge in [-0.15, -0.1) is 0 Å². The minimum atomic E-state index is 0.399. The van der Waals surface area contributed by atoms with Gasteiger partial charge < -0.3 is 10.5 Å². The lowest BCUT2D eigenvalue weighted by atomic mass is 10.4. The van der Waals surface area contributed by atoms with Crippen molar-refractivity contribution in [1.29, 1.82) is 0 Å². The fraction of sp³-hybridized carbons (Fsp3) is 0.111. The number of ether oxygens (including phenoxy) is 1. The molecule has 0 saturated heterocycles. The van der Waals surface area contributed by atoms with Crippen LogP contribution < -0.4 is 10.5 Å². The summed E-state index contributed by atoms with van der Waals surface area (Å²) >= 11 is 5.71. The lowest BCUT2D eigenvalue weighted by Gasteiger charge is -2.07. The van der Waals surface area contributed by atoms with Crippen molar-refractivity contribution in [1.82, 2.24) is 14.5 Å². The second-order valence-corrected chi connectivity index (χ2v) is 3.29. The molecule has 0 radical (unpaired) electrons. The Morgan fingerprint density at radius 3 is 2.87 bits per heavy atom. The van der Waals surface area contributed by atoms with Gasteiger partial charge in [0.05, 0.1) is 19.0 Å². The highest BCUT2D eigenvalue weighted by atomic mass is 35.5. The minimum absolute atomic E-state index is 0.399. The van der Waals surface area contributed by atoms with Crippen LogP contribution in [-0.2, 0) is 0 Å². The zero-order chi connectivity index (χ0) is 10.8. The maximum Gasteiger partial charge on any atom is 0.181 e. The first-order chi connectivity index (χ1) is 7.20. The highest BCUT2D eigenvalue weighted by molar-refractivity contribution is 6.29. The van der Waals surface area contributed by atoms with E-state index in [-0.39, 0.29) is 0 Å². The van der Waals surface area contributed by atoms with Crippen LogP contribution in [-0.4, -0.2) is 21.6 Å². The summed E-state index contributed by atoms with van der Waals surface area (Å²) in [4.78, 5) is 8.04. The van der Waals surface area contributed by atoms with Gasteiger partial charge in [0.2, 0.25) is 0 Å². The lowest BCUT2D eigenvalue weighted by Crippen LogP contribution is -2.00. The van der Waals surface area contributed by atoms with Gasteiger partial charge in [0.15, 0.2) is 11.6 Å². The molecule has 0 saturated carbocycles. The number of imidazole rings is 1. The van der Waals surface area contributed by atoms with E-state index in [4.69, 9.17) is 22.1 Å². The van der Waals surface area contributed by atoms with E-state index in [1.165, 1.54) is 0 Å². The van der Waals surface area contributed by atoms with Crippen molar-refractivity contribution in [3.8, 4) is 11.6 Å². The van der Waals surface area contributed by atoms with Crippen LogP contribution in [0.15, 0.2) is 24.8 Å². The Hall–Kier alpha value is -1.75. The Bertz CT molecular complexity index is 483. The summed E-state index contributed by atoms with van der Waals surface area (Å²) in [6.07, 6.45) is 4.75. The quantitative estimate of drug-likeness (QED) is 0.840. The predicted molar refractivity (Wildman–Crippen MR) is 57.3 cm³/mol. The van der Waals surface area contributed by atoms with Gasteiger partial charge in [-0.05, 0) is 0 Å². The third-order valence-corrected chi connectivity index (χ3v) is 2.06. The zero-order valence-electron chi connectivity index (χ0n) is 8.01. The van der Waals surface area contributed by atoms with Gasteiger partial charge in [0, 0.05) is 12.3 Å². The fourth-order valence-electron chi connectivity index (χ4n) is 1.21. The van der Waals surface area contributed by atoms with Gasteiger partial charge >= 0.3 is 0 Å². The molecule has 0 aromatic carbocycles. The van der Waals surface area contributed by atoms with Crippen molar-refractivity contribution in [2.45, 2.75) is 0 Å². The van der Waals surface area contributed by atoms with E-state index in [9.17, 15) is 0 Å². The lowest BCUT2D eigenvalue weighted by molar-refractivity contribution is 0.411. The second-order valence-electron chi connectivity index (χ2n) is 2.90. The van der Waals surface area contributed by atoms with Gasteiger partial charge in [-0.1, -0.05) is 11.6 Å². The number of halogens is 1. The molecule has 0 unspecified atom stereocenters. The Kier molecular flexibility index (Phi) is 2.47. The molecule has 2 aromatic heterocycles. The molecule has 0 spiro atoms. The number of pyridine rings is 1. The van der Waals surface area contributed by atoms with Crippen LogP contribution in [0.3, 0.4) is 0 Å². The number of nitrogens with two attached hydrogens (primary N) is 1. The maximum absolute atomic E-state index is 5.71. The third kappa shape index (κ3) is 1.87. The van der Waals surface area contributed by atoms with E-state index in [0.717, 1.165) is 0 Å². The van der Waals surface area contributed by atoms with Crippen LogP contribution in [0.5, 0.6) is 5.75 Å². The molecule has 0 aliphatic carbocycles. The van der Waals surface area contributed by atoms with Crippen molar-refractivity contribution < 1.29 is 4.74 Å². The molecule has 0 bridgehead atoms. The maximum atomic E-state index is 5.71. The standard InChI is InChI=1S/C9H9ClN4O/c1-15-7-2-6(11)3-12-9(7)14-4-8(10)13-5-14/h2-5H,11H2,1H3. The summed E-state index contributed by atoms with van der Waals surface area (Å²) in [5, 5.41) is 0.399. The van der Waals surface area contributed by atoms with Crippen LogP contribution in [0.4, 0.5) is 5.69 Å². The first kappa shape index (κ1) is 9.79. The van der Waals surface area contributed by atoms with Crippen molar-refractivity contribution >= 4 is 17.3 Å². The van der Waals surface area contributed by atoms with Crippen molar-refractivity contribution in [3.05, 3.63) is 29.9 Å². The Balaban J connectivity index is 2.52. The van der Waals surface area contributed by atoms with Crippen molar-refractivity contribution in [2.24, 2.45) is 0 Å². The van der Waals surface area contributed by atoms with Crippen molar-refractivity contribution in [2.75, 3.05) is 12.8 Å². The summed E-state index contributed by atoms with van der Waals surface area (Å²) in [6, 6.07) is 1.69. The van der Waals surface area contributed by atoms with Crippen LogP contribution >= 0.6 is 11.6 Å². The number of nitrogen functional groups attached to an aromatic ring is 1. The van der Waals surface area contributed by atoms with E-state index in [2.05, 4.69) is 9.97 Å². The van der Waals surface area contributed by atoms with Gasteiger partial charge in [-0.25, -0.2) is 9.97 Å². The van der Waals surface area contributed by atoms with Crippen LogP contribution in [0.2, 0.25) is 5.15 Å². The molecular weight excluding hydrogens is 216 g/mol. The number of anilines is 1. The normalized spacial score (nSPS) is 10.3. The minimum Gasteiger partial charge on any atom is -0.493 e. The monoisotopic (exact) mass is 224 g/mol. The molecule has 0 aliphatic heterocycles. The fourth-order valence-corrected chi connectivity index (χ4v) is 1.36. The summed E-state index contributed by atoms with van der Waals surface area (Å²) in [5.74, 6) is 1.18. The molecule has 5 nitrogen and oxygen atoms in total. The van der Waals surface area contributed by atoms with E-state index >= 15 is 0 Å². The number of nitrogens with zero attached hydrogens (tertiary/aromatic N) is 3. The van der Waals surface area contributed by atoms with Gasteiger partial charge in [0.25, 0.3) is 0 Å². The largest absolute Gasteiger partial charge is 0.493 e. The topological polar surface area (TPSA) is 66.0 Å². The summed E-state index contributed by atoms with van der Waals surface area (Å²) in [6.45, 7) is 0. The van der Waals surface area contributed by atoms with Gasteiger partial charge in [-0.2, -0.15) is 0 Å². The summed E-state index contributed by atoms with van der Waals surface area (Å²) in [5.41, 5.74) is 6.14. The van der Waals surface area contributed by atoms with Crippen LogP contribution in [0, 0.1) is 0 Å². The molecule has 2 heterocycles. The molecule has 0 fully saturated rings. The average Bonchev–Trinajstić information content (AvgIpc) is 2.64. The number of methoxy groups -OCH3 is 1. The smallest absolute Gasteiger partial charge is 0.181 e. The van der Waals surface area contributed by atoms with Gasteiger partial charge in [0.1, 0.15) is 11.5 Å². The molecule has 0 aliphatic rings. The Morgan fingerprint density at radius 1 is 1.47 bits per heavy atom. The van der Waals surface area contributed by atoms with E-state index in [0.29, 0.717) is 22.4 Å². The van der Waals surface area contributed by atoms with Crippen LogP contribution in [0.25, 0.3) is 5.82 Å². The van der Waals surface area contributed by atoms with Gasteiger partial charge in [-0.3, -0.25) is 4.57 Å². The second kappa shape index (κ2) is 3.78. The number of hydrogen-bond acceptors (Lipinski definition) is 4. The zero-order valence-corrected chi connectivity index (χ0v) is 8.77. The molecular formula is C9H9ClN4O. The molecule has 15 heavy (non-hydrogen) atoms. The molecule has 2 rings (SSSR count). The van der Waals surface area contributed by atoms with E-state index < -0.39 is 0 Å². The average molecular weight is 225 g/mol. The number of aromatic nitrogens is 3. The number of hydrogen-bond donors (Lipinski definition) is 1. The molecule has 0 atom stereocenters. The first-order valence-corrected chi connectivity index (χ1v) is 4.58. The molecule has 2 N–H and O–H groups in total. The third-order valence-electron chi connectivity index (χ3n) is 1.87. The number of rotatable bonds is 2. The first-order valence-electron chi connectivity index (χ1n) is 4.20. The highest BCUT2D eigenvalue weighted by Gasteiger charge is 2.07. The Labute approximate surface area is 91.5 Å². The predicted octanol–water partition coefficient (Wildman–Crippen LogP) is 1.51.